The average Bonchev–Trinajstić information content (AvgIpc) is 2.33. The van der Waals surface area contributed by atoms with Crippen molar-refractivity contribution in [3.05, 3.63) is 0 Å². The molecule has 0 radical (unpaired) electrons. The van der Waals surface area contributed by atoms with Gasteiger partial charge in [0.1, 0.15) is 6.10 Å². The molecular formula is C14H28NO3+. The van der Waals surface area contributed by atoms with Gasteiger partial charge in [0.25, 0.3) is 0 Å². The van der Waals surface area contributed by atoms with E-state index in [-0.39, 0.29) is 29.1 Å². The van der Waals surface area contributed by atoms with Crippen LogP contribution in [0.3, 0.4) is 0 Å². The van der Waals surface area contributed by atoms with Crippen LogP contribution in [0, 0.1) is 5.92 Å². The summed E-state index contributed by atoms with van der Waals surface area (Å²) in [5.74, 6) is -0.0503. The number of carbonyl (C=O) groups excluding carboxylic acids is 1. The van der Waals surface area contributed by atoms with E-state index in [9.17, 15) is 4.79 Å². The molecule has 106 valence electrons. The maximum absolute atomic E-state index is 11.3. The molecule has 1 rings (SSSR count). The van der Waals surface area contributed by atoms with Gasteiger partial charge in [-0.25, -0.2) is 0 Å². The second-order valence-electron chi connectivity index (χ2n) is 6.04. The summed E-state index contributed by atoms with van der Waals surface area (Å²) < 4.78 is 5.50. The van der Waals surface area contributed by atoms with E-state index in [2.05, 4.69) is 34.6 Å². The number of nitrogens with zero attached hydrogens (tertiary/aromatic N) is 1. The molecule has 0 spiro atoms. The van der Waals surface area contributed by atoms with Crippen molar-refractivity contribution in [1.82, 2.24) is 5.06 Å². The van der Waals surface area contributed by atoms with E-state index in [1.54, 1.807) is 5.06 Å². The van der Waals surface area contributed by atoms with Crippen LogP contribution in [-0.2, 0) is 9.53 Å². The Labute approximate surface area is 110 Å². The molecule has 18 heavy (non-hydrogen) atoms. The number of ether oxygens (including phenoxy) is 1. The molecule has 0 aromatic heterocycles. The summed E-state index contributed by atoms with van der Waals surface area (Å²) in [6, 6.07) is 0. The molecule has 0 bridgehead atoms. The number of piperidine rings is 1. The molecule has 1 fully saturated rings. The molecule has 1 saturated heterocycles. The Bertz CT molecular complexity index is 320. The molecule has 4 nitrogen and oxygen atoms in total. The summed E-state index contributed by atoms with van der Waals surface area (Å²) >= 11 is 0. The van der Waals surface area contributed by atoms with Crippen LogP contribution >= 0.6 is 0 Å². The fourth-order valence-corrected chi connectivity index (χ4v) is 3.06. The number of carbonyl (C=O) groups is 1. The minimum absolute atomic E-state index is 0.0843. The van der Waals surface area contributed by atoms with Crippen molar-refractivity contribution in [3.63, 3.8) is 0 Å². The molecule has 0 aliphatic carbocycles. The SMILES string of the molecule is CCC1(C)CC(OC(C)=O)C(C)C(C)(CC)N1[OH2+]. The molecule has 4 unspecified atom stereocenters. The molecule has 1 heterocycles. The van der Waals surface area contributed by atoms with Gasteiger partial charge in [0.2, 0.25) is 0 Å². The maximum atomic E-state index is 11.3. The molecule has 2 N–H and O–H groups in total. The zero-order valence-corrected chi connectivity index (χ0v) is 12.5. The third-order valence-electron chi connectivity index (χ3n) is 5.03. The van der Waals surface area contributed by atoms with Crippen LogP contribution in [0.1, 0.15) is 60.8 Å². The van der Waals surface area contributed by atoms with Crippen molar-refractivity contribution in [3.8, 4) is 0 Å². The summed E-state index contributed by atoms with van der Waals surface area (Å²) in [6.07, 6.45) is 2.42. The van der Waals surface area contributed by atoms with Crippen LogP contribution < -0.4 is 0 Å². The lowest BCUT2D eigenvalue weighted by molar-refractivity contribution is -0.288. The van der Waals surface area contributed by atoms with Gasteiger partial charge in [-0.1, -0.05) is 25.8 Å². The Kier molecular flexibility index (Phi) is 4.44. The van der Waals surface area contributed by atoms with Crippen LogP contribution in [0.5, 0.6) is 0 Å². The normalized spacial score (nSPS) is 41.7. The number of esters is 1. The lowest BCUT2D eigenvalue weighted by atomic mass is 9.69. The summed E-state index contributed by atoms with van der Waals surface area (Å²) in [5.41, 5.74) is -0.472. The molecular weight excluding hydrogens is 230 g/mol. The highest BCUT2D eigenvalue weighted by Gasteiger charge is 2.56. The zero-order chi connectivity index (χ0) is 14.1. The number of rotatable bonds is 3. The Morgan fingerprint density at radius 1 is 1.39 bits per heavy atom. The average molecular weight is 258 g/mol. The molecule has 0 amide bonds. The lowest BCUT2D eigenvalue weighted by Gasteiger charge is -2.53. The van der Waals surface area contributed by atoms with Gasteiger partial charge in [-0.3, -0.25) is 4.79 Å². The second kappa shape index (κ2) is 5.17. The molecule has 0 aromatic rings. The molecule has 4 atom stereocenters. The van der Waals surface area contributed by atoms with Crippen LogP contribution in [0.25, 0.3) is 0 Å². The fourth-order valence-electron chi connectivity index (χ4n) is 3.06. The number of hydroxylamine groups is 2. The van der Waals surface area contributed by atoms with E-state index in [4.69, 9.17) is 9.94 Å². The van der Waals surface area contributed by atoms with Crippen molar-refractivity contribution in [2.45, 2.75) is 78.0 Å². The van der Waals surface area contributed by atoms with Gasteiger partial charge in [0.05, 0.1) is 11.1 Å². The summed E-state index contributed by atoms with van der Waals surface area (Å²) in [4.78, 5) is 11.3. The highest BCUT2D eigenvalue weighted by atomic mass is 16.5. The van der Waals surface area contributed by atoms with Gasteiger partial charge in [0, 0.05) is 19.3 Å². The van der Waals surface area contributed by atoms with Gasteiger partial charge in [-0.05, 0) is 26.7 Å². The van der Waals surface area contributed by atoms with Crippen molar-refractivity contribution in [1.29, 1.82) is 0 Å². The lowest BCUT2D eigenvalue weighted by Crippen LogP contribution is -2.66. The van der Waals surface area contributed by atoms with E-state index >= 15 is 0 Å². The van der Waals surface area contributed by atoms with E-state index in [1.807, 2.05) is 0 Å². The van der Waals surface area contributed by atoms with E-state index < -0.39 is 0 Å². The summed E-state index contributed by atoms with van der Waals surface area (Å²) in [7, 11) is 0. The maximum Gasteiger partial charge on any atom is 0.302 e. The van der Waals surface area contributed by atoms with Gasteiger partial charge < -0.3 is 9.94 Å². The Morgan fingerprint density at radius 3 is 2.33 bits per heavy atom. The first-order valence-electron chi connectivity index (χ1n) is 6.90. The molecule has 4 heteroatoms. The minimum Gasteiger partial charge on any atom is -0.462 e. The molecule has 1 aliphatic heterocycles. The van der Waals surface area contributed by atoms with Gasteiger partial charge in [-0.15, -0.1) is 0 Å². The Hall–Kier alpha value is -0.610. The van der Waals surface area contributed by atoms with Gasteiger partial charge in [-0.2, -0.15) is 0 Å². The molecule has 0 saturated carbocycles. The predicted octanol–water partition coefficient (Wildman–Crippen LogP) is 2.24. The zero-order valence-electron chi connectivity index (χ0n) is 12.5. The van der Waals surface area contributed by atoms with Gasteiger partial charge in [0.15, 0.2) is 0 Å². The van der Waals surface area contributed by atoms with Crippen molar-refractivity contribution >= 4 is 5.97 Å². The highest BCUT2D eigenvalue weighted by molar-refractivity contribution is 5.66. The van der Waals surface area contributed by atoms with Gasteiger partial charge >= 0.3 is 5.97 Å². The minimum atomic E-state index is -0.247. The summed E-state index contributed by atoms with van der Waals surface area (Å²) in [5, 5.41) is 10.2. The van der Waals surface area contributed by atoms with E-state index in [0.717, 1.165) is 19.3 Å². The Morgan fingerprint density at radius 2 is 1.94 bits per heavy atom. The van der Waals surface area contributed by atoms with Crippen molar-refractivity contribution < 1.29 is 14.7 Å². The second-order valence-corrected chi connectivity index (χ2v) is 6.04. The number of hydrogen-bond acceptors (Lipinski definition) is 3. The monoisotopic (exact) mass is 258 g/mol. The fraction of sp³-hybridized carbons (Fsp3) is 0.929. The van der Waals surface area contributed by atoms with E-state index in [1.165, 1.54) is 6.92 Å². The summed E-state index contributed by atoms with van der Waals surface area (Å²) in [6.45, 7) is 12.0. The molecule has 1 aliphatic rings. The standard InChI is InChI=1S/C14H27NO3/c1-7-13(5)9-12(18-11(4)16)10(3)14(6,8-2)15(13)17/h10,12,17H,7-9H2,1-6H3/p+1. The van der Waals surface area contributed by atoms with Crippen LogP contribution in [0.2, 0.25) is 0 Å². The first kappa shape index (κ1) is 15.4. The van der Waals surface area contributed by atoms with Crippen LogP contribution in [0.15, 0.2) is 0 Å². The van der Waals surface area contributed by atoms with Crippen molar-refractivity contribution in [2.24, 2.45) is 5.92 Å². The predicted molar refractivity (Wildman–Crippen MR) is 72.2 cm³/mol. The highest BCUT2D eigenvalue weighted by Crippen LogP contribution is 2.45. The van der Waals surface area contributed by atoms with E-state index in [0.29, 0.717) is 0 Å². The van der Waals surface area contributed by atoms with Crippen LogP contribution in [-0.4, -0.2) is 33.4 Å². The largest absolute Gasteiger partial charge is 0.462 e. The smallest absolute Gasteiger partial charge is 0.302 e. The third kappa shape index (κ3) is 2.41. The van der Waals surface area contributed by atoms with Crippen molar-refractivity contribution in [2.75, 3.05) is 0 Å². The Balaban J connectivity index is 3.09. The number of hydrogen-bond donors (Lipinski definition) is 0. The van der Waals surface area contributed by atoms with Crippen LogP contribution in [0.4, 0.5) is 0 Å². The quantitative estimate of drug-likeness (QED) is 0.576. The first-order chi connectivity index (χ1) is 8.21. The third-order valence-corrected chi connectivity index (χ3v) is 5.03. The molecule has 0 aromatic carbocycles. The first-order valence-corrected chi connectivity index (χ1v) is 6.90. The topological polar surface area (TPSA) is 52.4 Å².